The van der Waals surface area contributed by atoms with Crippen molar-refractivity contribution in [2.75, 3.05) is 32.7 Å². The molecule has 0 spiro atoms. The van der Waals surface area contributed by atoms with Crippen molar-refractivity contribution in [2.45, 2.75) is 24.3 Å². The Bertz CT molecular complexity index is 668. The van der Waals surface area contributed by atoms with Gasteiger partial charge in [-0.25, -0.2) is 0 Å². The number of hydrogen-bond acceptors (Lipinski definition) is 6. The van der Waals surface area contributed by atoms with Gasteiger partial charge in [-0.2, -0.15) is 4.68 Å². The lowest BCUT2D eigenvalue weighted by molar-refractivity contribution is -0.132. The zero-order chi connectivity index (χ0) is 16.9. The minimum absolute atomic E-state index is 0.151. The summed E-state index contributed by atoms with van der Waals surface area (Å²) in [5.41, 5.74) is 0.890. The van der Waals surface area contributed by atoms with Gasteiger partial charge in [-0.15, -0.1) is 5.10 Å². The van der Waals surface area contributed by atoms with E-state index < -0.39 is 0 Å². The number of amides is 1. The fourth-order valence-electron chi connectivity index (χ4n) is 2.73. The Balaban J connectivity index is 1.64. The molecule has 2 heterocycles. The summed E-state index contributed by atoms with van der Waals surface area (Å²) in [5.74, 6) is 0.151. The highest BCUT2D eigenvalue weighted by molar-refractivity contribution is 8.00. The molecule has 1 aromatic carbocycles. The molecule has 1 aliphatic heterocycles. The van der Waals surface area contributed by atoms with Crippen LogP contribution < -0.4 is 0 Å². The van der Waals surface area contributed by atoms with Crippen molar-refractivity contribution >= 4 is 17.7 Å². The second-order valence-corrected chi connectivity index (χ2v) is 7.04. The number of tetrazole rings is 1. The van der Waals surface area contributed by atoms with E-state index in [4.69, 9.17) is 0 Å². The number of benzene rings is 1. The van der Waals surface area contributed by atoms with Gasteiger partial charge in [-0.1, -0.05) is 36.9 Å². The van der Waals surface area contributed by atoms with Crippen LogP contribution in [0.5, 0.6) is 0 Å². The van der Waals surface area contributed by atoms with E-state index >= 15 is 0 Å². The molecule has 1 atom stereocenters. The molecule has 128 valence electrons. The Morgan fingerprint density at radius 3 is 2.58 bits per heavy atom. The van der Waals surface area contributed by atoms with Crippen LogP contribution in [-0.4, -0.2) is 73.9 Å². The monoisotopic (exact) mass is 346 g/mol. The molecule has 8 heteroatoms. The van der Waals surface area contributed by atoms with Crippen molar-refractivity contribution in [1.29, 1.82) is 0 Å². The largest absolute Gasteiger partial charge is 0.339 e. The first-order chi connectivity index (χ1) is 11.7. The minimum Gasteiger partial charge on any atom is -0.339 e. The van der Waals surface area contributed by atoms with Gasteiger partial charge in [0.2, 0.25) is 11.1 Å². The normalized spacial score (nSPS) is 17.0. The third kappa shape index (κ3) is 3.76. The summed E-state index contributed by atoms with van der Waals surface area (Å²) in [6, 6.07) is 9.71. The molecule has 7 nitrogen and oxygen atoms in total. The molecule has 1 fully saturated rings. The lowest BCUT2D eigenvalue weighted by Gasteiger charge is -2.35. The number of rotatable bonds is 5. The van der Waals surface area contributed by atoms with Crippen molar-refractivity contribution in [3.8, 4) is 5.69 Å². The van der Waals surface area contributed by atoms with Crippen LogP contribution in [0.15, 0.2) is 35.5 Å². The Labute approximate surface area is 146 Å². The number of aromatic nitrogens is 4. The highest BCUT2D eigenvalue weighted by Crippen LogP contribution is 2.24. The summed E-state index contributed by atoms with van der Waals surface area (Å²) in [6.07, 6.45) is 0. The lowest BCUT2D eigenvalue weighted by atomic mass is 10.3. The second kappa shape index (κ2) is 7.76. The molecule has 0 aliphatic carbocycles. The van der Waals surface area contributed by atoms with Gasteiger partial charge in [0, 0.05) is 26.2 Å². The highest BCUT2D eigenvalue weighted by Gasteiger charge is 2.26. The number of thioether (sulfide) groups is 1. The first-order valence-corrected chi connectivity index (χ1v) is 9.08. The third-order valence-electron chi connectivity index (χ3n) is 4.20. The number of nitrogens with zero attached hydrogens (tertiary/aromatic N) is 6. The standard InChI is InChI=1S/C16H22N6OS/c1-3-20-9-11-21(12-10-20)15(23)13(2)24-16-17-18-19-22(16)14-7-5-4-6-8-14/h4-8,13H,3,9-12H2,1-2H3/t13-/m1/s1. The predicted molar refractivity (Wildman–Crippen MR) is 93.2 cm³/mol. The molecule has 1 saturated heterocycles. The number of hydrogen-bond donors (Lipinski definition) is 0. The summed E-state index contributed by atoms with van der Waals surface area (Å²) in [6.45, 7) is 8.59. The van der Waals surface area contributed by atoms with Gasteiger partial charge in [0.1, 0.15) is 0 Å². The molecular formula is C16H22N6OS. The average molecular weight is 346 g/mol. The van der Waals surface area contributed by atoms with Gasteiger partial charge in [0.25, 0.3) is 0 Å². The summed E-state index contributed by atoms with van der Waals surface area (Å²) < 4.78 is 1.67. The highest BCUT2D eigenvalue weighted by atomic mass is 32.2. The van der Waals surface area contributed by atoms with Gasteiger partial charge >= 0.3 is 0 Å². The zero-order valence-corrected chi connectivity index (χ0v) is 14.8. The Hall–Kier alpha value is -1.93. The van der Waals surface area contributed by atoms with Crippen LogP contribution in [0.1, 0.15) is 13.8 Å². The van der Waals surface area contributed by atoms with E-state index in [0.717, 1.165) is 38.4 Å². The van der Waals surface area contributed by atoms with E-state index in [0.29, 0.717) is 5.16 Å². The van der Waals surface area contributed by atoms with Crippen LogP contribution in [0.25, 0.3) is 5.69 Å². The van der Waals surface area contributed by atoms with E-state index in [9.17, 15) is 4.79 Å². The number of carbonyl (C=O) groups excluding carboxylic acids is 1. The maximum absolute atomic E-state index is 12.7. The molecule has 2 aromatic rings. The van der Waals surface area contributed by atoms with Crippen molar-refractivity contribution in [3.05, 3.63) is 30.3 Å². The molecule has 0 bridgehead atoms. The molecule has 0 unspecified atom stereocenters. The van der Waals surface area contributed by atoms with Crippen LogP contribution in [0.2, 0.25) is 0 Å². The molecule has 24 heavy (non-hydrogen) atoms. The third-order valence-corrected chi connectivity index (χ3v) is 5.22. The molecule has 1 aliphatic rings. The molecular weight excluding hydrogens is 324 g/mol. The van der Waals surface area contributed by atoms with E-state index in [1.54, 1.807) is 4.68 Å². The maximum atomic E-state index is 12.7. The first-order valence-electron chi connectivity index (χ1n) is 8.20. The van der Waals surface area contributed by atoms with Crippen LogP contribution in [-0.2, 0) is 4.79 Å². The Morgan fingerprint density at radius 1 is 1.21 bits per heavy atom. The second-order valence-electron chi connectivity index (χ2n) is 5.73. The van der Waals surface area contributed by atoms with Gasteiger partial charge in [0.15, 0.2) is 0 Å². The van der Waals surface area contributed by atoms with Gasteiger partial charge in [0.05, 0.1) is 10.9 Å². The van der Waals surface area contributed by atoms with E-state index in [-0.39, 0.29) is 11.2 Å². The summed E-state index contributed by atoms with van der Waals surface area (Å²) in [7, 11) is 0. The summed E-state index contributed by atoms with van der Waals surface area (Å²) in [5, 5.41) is 12.3. The maximum Gasteiger partial charge on any atom is 0.235 e. The molecule has 0 saturated carbocycles. The van der Waals surface area contributed by atoms with E-state index in [2.05, 4.69) is 27.3 Å². The smallest absolute Gasteiger partial charge is 0.235 e. The van der Waals surface area contributed by atoms with Gasteiger partial charge in [-0.05, 0) is 36.0 Å². The first kappa shape index (κ1) is 16.9. The van der Waals surface area contributed by atoms with Crippen LogP contribution in [0.3, 0.4) is 0 Å². The Kier molecular flexibility index (Phi) is 5.47. The number of likely N-dealkylation sites (N-methyl/N-ethyl adjacent to an activating group) is 1. The zero-order valence-electron chi connectivity index (χ0n) is 14.0. The predicted octanol–water partition coefficient (Wildman–Crippen LogP) is 1.31. The topological polar surface area (TPSA) is 67.2 Å². The molecule has 1 aromatic heterocycles. The van der Waals surface area contributed by atoms with E-state index in [1.165, 1.54) is 11.8 Å². The van der Waals surface area contributed by atoms with Crippen LogP contribution in [0.4, 0.5) is 0 Å². The lowest BCUT2D eigenvalue weighted by Crippen LogP contribution is -2.50. The average Bonchev–Trinajstić information content (AvgIpc) is 3.10. The molecule has 0 radical (unpaired) electrons. The fourth-order valence-corrected chi connectivity index (χ4v) is 3.63. The van der Waals surface area contributed by atoms with Crippen LogP contribution >= 0.6 is 11.8 Å². The summed E-state index contributed by atoms with van der Waals surface area (Å²) >= 11 is 1.40. The SMILES string of the molecule is CCN1CCN(C(=O)[C@@H](C)Sc2nnnn2-c2ccccc2)CC1. The van der Waals surface area contributed by atoms with Gasteiger partial charge in [-0.3, -0.25) is 4.79 Å². The number of para-hydroxylation sites is 1. The minimum atomic E-state index is -0.216. The van der Waals surface area contributed by atoms with Crippen molar-refractivity contribution in [2.24, 2.45) is 0 Å². The fraction of sp³-hybridized carbons (Fsp3) is 0.500. The number of piperazine rings is 1. The Morgan fingerprint density at radius 2 is 1.92 bits per heavy atom. The molecule has 3 rings (SSSR count). The number of carbonyl (C=O) groups is 1. The quantitative estimate of drug-likeness (QED) is 0.761. The summed E-state index contributed by atoms with van der Waals surface area (Å²) in [4.78, 5) is 17.0. The molecule has 1 amide bonds. The molecule has 0 N–H and O–H groups in total. The van der Waals surface area contributed by atoms with Crippen molar-refractivity contribution in [3.63, 3.8) is 0 Å². The van der Waals surface area contributed by atoms with Crippen molar-refractivity contribution in [1.82, 2.24) is 30.0 Å². The van der Waals surface area contributed by atoms with E-state index in [1.807, 2.05) is 42.2 Å². The van der Waals surface area contributed by atoms with Gasteiger partial charge < -0.3 is 9.80 Å². The van der Waals surface area contributed by atoms with Crippen molar-refractivity contribution < 1.29 is 4.79 Å². The van der Waals surface area contributed by atoms with Crippen LogP contribution in [0, 0.1) is 0 Å².